The topological polar surface area (TPSA) is 106 Å². The lowest BCUT2D eigenvalue weighted by Gasteiger charge is -2.39. The number of likely N-dealkylation sites (tertiary alicyclic amines) is 1. The third-order valence-corrected chi connectivity index (χ3v) is 12.1. The summed E-state index contributed by atoms with van der Waals surface area (Å²) in [5, 5.41) is 20.7. The molecule has 0 bridgehead atoms. The van der Waals surface area contributed by atoms with Gasteiger partial charge in [0.25, 0.3) is 0 Å². The van der Waals surface area contributed by atoms with E-state index in [9.17, 15) is 15.2 Å². The van der Waals surface area contributed by atoms with Gasteiger partial charge in [0.15, 0.2) is 5.58 Å². The van der Waals surface area contributed by atoms with Crippen molar-refractivity contribution >= 4 is 34.0 Å². The fourth-order valence-corrected chi connectivity index (χ4v) is 8.96. The lowest BCUT2D eigenvalue weighted by Crippen LogP contribution is -2.43. The number of carboxylic acid groups (broad SMARTS) is 1. The van der Waals surface area contributed by atoms with Gasteiger partial charge < -0.3 is 9.52 Å². The Bertz CT molecular complexity index is 1960. The molecule has 0 radical (unpaired) electrons. The first-order valence-corrected chi connectivity index (χ1v) is 16.8. The van der Waals surface area contributed by atoms with E-state index in [0.29, 0.717) is 48.6 Å². The molecule has 1 saturated heterocycles. The minimum atomic E-state index is -0.793. The van der Waals surface area contributed by atoms with Crippen LogP contribution >= 0.6 is 11.3 Å². The molecule has 4 aromatic rings. The van der Waals surface area contributed by atoms with Crippen LogP contribution in [0.1, 0.15) is 70.9 Å². The largest absolute Gasteiger partial charge is 0.481 e. The monoisotopic (exact) mass is 633 g/mol. The molecular formula is C37H39N5O3S. The molecule has 3 atom stereocenters. The predicted octanol–water partition coefficient (Wildman–Crippen LogP) is 6.67. The van der Waals surface area contributed by atoms with Gasteiger partial charge in [-0.1, -0.05) is 49.4 Å². The average Bonchev–Trinajstić information content (AvgIpc) is 3.79. The van der Waals surface area contributed by atoms with Gasteiger partial charge in [-0.25, -0.2) is 9.97 Å². The van der Waals surface area contributed by atoms with Crippen LogP contribution in [0.4, 0.5) is 0 Å². The van der Waals surface area contributed by atoms with Crippen LogP contribution in [0.5, 0.6) is 0 Å². The number of aromatic nitrogens is 2. The first kappa shape index (κ1) is 30.5. The zero-order valence-corrected chi connectivity index (χ0v) is 27.8. The highest BCUT2D eigenvalue weighted by molar-refractivity contribution is 7.12. The Labute approximate surface area is 273 Å². The number of aliphatic carboxylic acids is 1. The standard InChI is InChI=1S/C37H39N5O3S/c1-22-9-6-7-10-27(22)28-11-8-14-37(23(28)2,35-40-29-13-15-41(5)36(3,4)32(29)46-35)34-39-30-18-24(17-26(19-38)31(30)45-34)20-42-16-12-25(21-42)33(43)44/h6-11,14,17-18,23,25H,12-13,15-16,20-21H2,1-5H3,(H,43,44)/t23?,25-,37?/m1/s1. The molecule has 4 heterocycles. The van der Waals surface area contributed by atoms with Crippen LogP contribution in [-0.2, 0) is 28.7 Å². The van der Waals surface area contributed by atoms with Crippen molar-refractivity contribution in [1.29, 1.82) is 5.26 Å². The van der Waals surface area contributed by atoms with Gasteiger partial charge in [0.1, 0.15) is 22.0 Å². The van der Waals surface area contributed by atoms with Gasteiger partial charge in [-0.3, -0.25) is 14.6 Å². The van der Waals surface area contributed by atoms with Crippen LogP contribution < -0.4 is 0 Å². The molecule has 3 aliphatic rings. The number of aryl methyl sites for hydroxylation is 1. The molecule has 8 nitrogen and oxygen atoms in total. The van der Waals surface area contributed by atoms with E-state index in [1.165, 1.54) is 21.6 Å². The van der Waals surface area contributed by atoms with Crippen molar-refractivity contribution in [2.24, 2.45) is 11.8 Å². The van der Waals surface area contributed by atoms with Gasteiger partial charge in [-0.05, 0) is 75.2 Å². The summed E-state index contributed by atoms with van der Waals surface area (Å²) in [6.45, 7) is 11.6. The van der Waals surface area contributed by atoms with Crippen LogP contribution in [0.25, 0.3) is 16.7 Å². The summed E-state index contributed by atoms with van der Waals surface area (Å²) in [5.74, 6) is -0.650. The number of nitriles is 1. The minimum absolute atomic E-state index is 0.0670. The van der Waals surface area contributed by atoms with E-state index in [0.717, 1.165) is 29.2 Å². The second-order valence-corrected chi connectivity index (χ2v) is 14.6. The number of carbonyl (C=O) groups is 1. The Morgan fingerprint density at radius 3 is 2.76 bits per heavy atom. The maximum atomic E-state index is 11.5. The Balaban J connectivity index is 1.37. The highest BCUT2D eigenvalue weighted by atomic mass is 32.1. The zero-order chi connectivity index (χ0) is 32.4. The van der Waals surface area contributed by atoms with Gasteiger partial charge >= 0.3 is 5.97 Å². The molecule has 0 spiro atoms. The number of likely N-dealkylation sites (N-methyl/N-ethyl adjacent to an activating group) is 1. The highest BCUT2D eigenvalue weighted by Crippen LogP contribution is 2.52. The van der Waals surface area contributed by atoms with E-state index in [4.69, 9.17) is 14.4 Å². The Kier molecular flexibility index (Phi) is 7.51. The van der Waals surface area contributed by atoms with Crippen LogP contribution in [0.3, 0.4) is 0 Å². The van der Waals surface area contributed by atoms with Crippen LogP contribution in [0, 0.1) is 30.1 Å². The molecule has 236 valence electrons. The summed E-state index contributed by atoms with van der Waals surface area (Å²) in [5.41, 5.74) is 6.22. The van der Waals surface area contributed by atoms with Gasteiger partial charge in [0.05, 0.1) is 22.7 Å². The number of carboxylic acids is 1. The fourth-order valence-electron chi connectivity index (χ4n) is 7.44. The van der Waals surface area contributed by atoms with Crippen LogP contribution in [0.15, 0.2) is 59.0 Å². The van der Waals surface area contributed by atoms with E-state index >= 15 is 0 Å². The average molecular weight is 634 g/mol. The van der Waals surface area contributed by atoms with Crippen molar-refractivity contribution in [2.75, 3.05) is 26.7 Å². The molecule has 1 fully saturated rings. The quantitative estimate of drug-likeness (QED) is 0.251. The smallest absolute Gasteiger partial charge is 0.307 e. The van der Waals surface area contributed by atoms with Gasteiger partial charge in [-0.2, -0.15) is 5.26 Å². The van der Waals surface area contributed by atoms with E-state index in [2.05, 4.69) is 93.1 Å². The van der Waals surface area contributed by atoms with E-state index < -0.39 is 11.4 Å². The normalized spacial score (nSPS) is 24.6. The molecule has 2 aliphatic heterocycles. The fraction of sp³-hybridized carbons (Fsp3) is 0.405. The van der Waals surface area contributed by atoms with Gasteiger partial charge in [0.2, 0.25) is 5.89 Å². The summed E-state index contributed by atoms with van der Waals surface area (Å²) in [6, 6.07) is 14.7. The number of hydrogen-bond acceptors (Lipinski definition) is 8. The molecule has 9 heteroatoms. The van der Waals surface area contributed by atoms with Gasteiger partial charge in [-0.15, -0.1) is 11.3 Å². The predicted molar refractivity (Wildman–Crippen MR) is 179 cm³/mol. The Morgan fingerprint density at radius 1 is 1.22 bits per heavy atom. The second kappa shape index (κ2) is 11.3. The Morgan fingerprint density at radius 2 is 2.02 bits per heavy atom. The van der Waals surface area contributed by atoms with E-state index in [1.807, 2.05) is 12.1 Å². The number of rotatable bonds is 6. The summed E-state index contributed by atoms with van der Waals surface area (Å²) in [6.07, 6.45) is 8.00. The zero-order valence-electron chi connectivity index (χ0n) is 27.0. The van der Waals surface area contributed by atoms with Crippen LogP contribution in [0.2, 0.25) is 0 Å². The van der Waals surface area contributed by atoms with Crippen LogP contribution in [-0.4, -0.2) is 57.5 Å². The maximum absolute atomic E-state index is 11.5. The molecule has 1 N–H and O–H groups in total. The third kappa shape index (κ3) is 4.82. The molecule has 7 rings (SSSR count). The summed E-state index contributed by atoms with van der Waals surface area (Å²) < 4.78 is 6.70. The lowest BCUT2D eigenvalue weighted by atomic mass is 9.68. The molecule has 2 aromatic heterocycles. The molecule has 0 amide bonds. The molecule has 0 saturated carbocycles. The Hall–Kier alpha value is -4.10. The number of allylic oxidation sites excluding steroid dienone is 4. The number of nitrogens with zero attached hydrogens (tertiary/aromatic N) is 5. The van der Waals surface area contributed by atoms with Crippen molar-refractivity contribution in [3.8, 4) is 6.07 Å². The number of benzene rings is 2. The van der Waals surface area contributed by atoms with Crippen molar-refractivity contribution in [3.63, 3.8) is 0 Å². The SMILES string of the molecule is Cc1ccccc1C1=CC=CC(c2nc3cc(CN4CC[C@@H](C(=O)O)C4)cc(C#N)c3o2)(c2nc3c(s2)C(C)(C)N(C)CC3)C1C. The van der Waals surface area contributed by atoms with Crippen molar-refractivity contribution < 1.29 is 14.3 Å². The minimum Gasteiger partial charge on any atom is -0.481 e. The number of oxazole rings is 1. The van der Waals surface area contributed by atoms with Crippen molar-refractivity contribution in [3.05, 3.63) is 98.3 Å². The van der Waals surface area contributed by atoms with E-state index in [-0.39, 0.29) is 17.4 Å². The van der Waals surface area contributed by atoms with Crippen molar-refractivity contribution in [2.45, 2.75) is 58.0 Å². The highest BCUT2D eigenvalue weighted by Gasteiger charge is 2.49. The molecule has 46 heavy (non-hydrogen) atoms. The molecular weight excluding hydrogens is 595 g/mol. The summed E-state index contributed by atoms with van der Waals surface area (Å²) in [7, 11) is 2.17. The first-order chi connectivity index (χ1) is 22.0. The first-order valence-electron chi connectivity index (χ1n) is 16.0. The number of fused-ring (bicyclic) bond motifs is 2. The molecule has 1 aliphatic carbocycles. The van der Waals surface area contributed by atoms with E-state index in [1.54, 1.807) is 11.3 Å². The second-order valence-electron chi connectivity index (χ2n) is 13.6. The van der Waals surface area contributed by atoms with Gasteiger partial charge in [0, 0.05) is 36.9 Å². The van der Waals surface area contributed by atoms with Crippen molar-refractivity contribution in [1.82, 2.24) is 19.8 Å². The number of thiazole rings is 1. The summed E-state index contributed by atoms with van der Waals surface area (Å²) in [4.78, 5) is 27.9. The summed E-state index contributed by atoms with van der Waals surface area (Å²) >= 11 is 1.75. The maximum Gasteiger partial charge on any atom is 0.307 e. The molecule has 2 aromatic carbocycles. The lowest BCUT2D eigenvalue weighted by molar-refractivity contribution is -0.141. The number of hydrogen-bond donors (Lipinski definition) is 1. The third-order valence-electron chi connectivity index (χ3n) is 10.5. The molecule has 2 unspecified atom stereocenters.